The quantitative estimate of drug-likeness (QED) is 0.566. The van der Waals surface area contributed by atoms with Gasteiger partial charge in [-0.05, 0) is 71.7 Å². The van der Waals surface area contributed by atoms with Crippen molar-refractivity contribution >= 4 is 43.3 Å². The lowest BCUT2D eigenvalue weighted by molar-refractivity contribution is -0.242. The summed E-state index contributed by atoms with van der Waals surface area (Å²) in [5.74, 6) is -2.96. The molecule has 1 atom stereocenters. The maximum Gasteiger partial charge on any atom is 0.426 e. The van der Waals surface area contributed by atoms with Gasteiger partial charge in [-0.25, -0.2) is 13.2 Å². The van der Waals surface area contributed by atoms with Crippen molar-refractivity contribution in [3.8, 4) is 0 Å². The first kappa shape index (κ1) is 23.8. The highest BCUT2D eigenvalue weighted by atomic mass is 79.9. The van der Waals surface area contributed by atoms with Crippen LogP contribution in [0.2, 0.25) is 0 Å². The molecule has 3 N–H and O–H groups in total. The molecule has 0 aromatic heterocycles. The molecule has 0 radical (unpaired) electrons. The molecule has 2 aromatic rings. The van der Waals surface area contributed by atoms with Gasteiger partial charge in [0.2, 0.25) is 15.4 Å². The molecular weight excluding hydrogens is 495 g/mol. The Hall–Kier alpha value is -2.44. The number of carboxylic acid groups (broad SMARTS) is 1. The third-order valence-electron chi connectivity index (χ3n) is 4.29. The third-order valence-corrected chi connectivity index (χ3v) is 7.39. The number of hydrogen-bond acceptors (Lipinski definition) is 5. The summed E-state index contributed by atoms with van der Waals surface area (Å²) in [6.45, 7) is 1.65. The summed E-state index contributed by atoms with van der Waals surface area (Å²) in [5, 5.41) is 20.3. The Morgan fingerprint density at radius 2 is 1.60 bits per heavy atom. The molecule has 0 saturated carbocycles. The summed E-state index contributed by atoms with van der Waals surface area (Å²) in [6, 6.07) is 6.60. The van der Waals surface area contributed by atoms with Gasteiger partial charge in [-0.3, -0.25) is 4.79 Å². The van der Waals surface area contributed by atoms with Gasteiger partial charge in [-0.2, -0.15) is 13.2 Å². The number of carbonyl (C=O) groups excluding carboxylic acids is 1. The van der Waals surface area contributed by atoms with Crippen molar-refractivity contribution < 1.29 is 41.4 Å². The minimum absolute atomic E-state index is 0.0192. The van der Waals surface area contributed by atoms with Crippen molar-refractivity contribution in [1.82, 2.24) is 0 Å². The van der Waals surface area contributed by atoms with Crippen molar-refractivity contribution in [3.63, 3.8) is 0 Å². The Bertz CT molecular complexity index is 1110. The number of rotatable bonds is 5. The van der Waals surface area contributed by atoms with E-state index >= 15 is 0 Å². The van der Waals surface area contributed by atoms with Crippen molar-refractivity contribution in [2.75, 3.05) is 5.32 Å². The second-order valence-corrected chi connectivity index (χ2v) is 9.12. The van der Waals surface area contributed by atoms with E-state index in [2.05, 4.69) is 15.9 Å². The molecule has 7 nitrogen and oxygen atoms in total. The van der Waals surface area contributed by atoms with Gasteiger partial charge in [-0.1, -0.05) is 0 Å². The second kappa shape index (κ2) is 8.00. The zero-order valence-electron chi connectivity index (χ0n) is 15.4. The summed E-state index contributed by atoms with van der Waals surface area (Å²) < 4.78 is 64.1. The minimum Gasteiger partial charge on any atom is -0.478 e. The van der Waals surface area contributed by atoms with E-state index in [1.807, 2.05) is 5.32 Å². The van der Waals surface area contributed by atoms with E-state index in [0.717, 1.165) is 36.4 Å². The predicted molar refractivity (Wildman–Crippen MR) is 103 cm³/mol. The molecule has 0 heterocycles. The van der Waals surface area contributed by atoms with Gasteiger partial charge in [-0.15, -0.1) is 0 Å². The van der Waals surface area contributed by atoms with Crippen LogP contribution in [0.4, 0.5) is 18.9 Å². The summed E-state index contributed by atoms with van der Waals surface area (Å²) in [5.41, 5.74) is -3.80. The van der Waals surface area contributed by atoms with Crippen LogP contribution in [0.15, 0.2) is 50.7 Å². The average molecular weight is 510 g/mol. The van der Waals surface area contributed by atoms with E-state index in [9.17, 15) is 36.3 Å². The second-order valence-electron chi connectivity index (χ2n) is 6.41. The first-order valence-electron chi connectivity index (χ1n) is 8.09. The number of aromatic carboxylic acids is 1. The van der Waals surface area contributed by atoms with E-state index in [-0.39, 0.29) is 31.1 Å². The van der Waals surface area contributed by atoms with Crippen LogP contribution in [0.3, 0.4) is 0 Å². The Morgan fingerprint density at radius 3 is 2.07 bits per heavy atom. The van der Waals surface area contributed by atoms with Crippen molar-refractivity contribution in [2.45, 2.75) is 35.4 Å². The highest BCUT2D eigenvalue weighted by Gasteiger charge is 2.55. The van der Waals surface area contributed by atoms with Crippen LogP contribution in [-0.2, 0) is 14.6 Å². The standard InChI is InChI=1S/C18H15BrF3NO6S/c1-9-12(23-16(26)17(2,27)18(20,21)22)7-8-13(14(9)19)30(28,29)11-5-3-10(4-6-11)15(24)25/h3-8,27H,1-2H3,(H,23,26)(H,24,25)/t17-/m1/s1. The third kappa shape index (κ3) is 4.35. The van der Waals surface area contributed by atoms with Crippen LogP contribution >= 0.6 is 15.9 Å². The number of alkyl halides is 3. The number of anilines is 1. The zero-order chi connectivity index (χ0) is 23.1. The number of hydrogen-bond donors (Lipinski definition) is 3. The van der Waals surface area contributed by atoms with E-state index in [1.54, 1.807) is 0 Å². The van der Waals surface area contributed by atoms with Crippen LogP contribution in [0.25, 0.3) is 0 Å². The minimum atomic E-state index is -5.21. The number of aliphatic hydroxyl groups is 1. The lowest BCUT2D eigenvalue weighted by Crippen LogP contribution is -2.52. The fourth-order valence-electron chi connectivity index (χ4n) is 2.28. The largest absolute Gasteiger partial charge is 0.478 e. The van der Waals surface area contributed by atoms with Gasteiger partial charge >= 0.3 is 12.1 Å². The zero-order valence-corrected chi connectivity index (χ0v) is 17.8. The number of carbonyl (C=O) groups is 2. The number of sulfone groups is 1. The van der Waals surface area contributed by atoms with Gasteiger partial charge in [0.05, 0.1) is 15.4 Å². The highest BCUT2D eigenvalue weighted by Crippen LogP contribution is 2.36. The number of halogens is 4. The number of amides is 1. The molecule has 0 aliphatic heterocycles. The number of carboxylic acids is 1. The van der Waals surface area contributed by atoms with Crippen molar-refractivity contribution in [1.29, 1.82) is 0 Å². The van der Waals surface area contributed by atoms with E-state index in [4.69, 9.17) is 5.11 Å². The smallest absolute Gasteiger partial charge is 0.426 e. The molecule has 0 aliphatic rings. The summed E-state index contributed by atoms with van der Waals surface area (Å²) in [6.07, 6.45) is -5.21. The molecule has 162 valence electrons. The predicted octanol–water partition coefficient (Wildman–Crippen LogP) is 3.54. The monoisotopic (exact) mass is 509 g/mol. The molecule has 0 unspecified atom stereocenters. The highest BCUT2D eigenvalue weighted by molar-refractivity contribution is 9.10. The summed E-state index contributed by atoms with van der Waals surface area (Å²) >= 11 is 3.07. The van der Waals surface area contributed by atoms with Crippen LogP contribution < -0.4 is 5.32 Å². The molecule has 0 spiro atoms. The van der Waals surface area contributed by atoms with Crippen LogP contribution in [0, 0.1) is 6.92 Å². The lowest BCUT2D eigenvalue weighted by atomic mass is 10.1. The topological polar surface area (TPSA) is 121 Å². The Kier molecular flexibility index (Phi) is 6.36. The van der Waals surface area contributed by atoms with Gasteiger partial charge in [0.25, 0.3) is 5.91 Å². The van der Waals surface area contributed by atoms with E-state index in [1.165, 1.54) is 6.92 Å². The molecule has 2 aromatic carbocycles. The SMILES string of the molecule is Cc1c(NC(=O)[C@@](C)(O)C(F)(F)F)ccc(S(=O)(=O)c2ccc(C(=O)O)cc2)c1Br. The van der Waals surface area contributed by atoms with Crippen LogP contribution in [0.1, 0.15) is 22.8 Å². The Morgan fingerprint density at radius 1 is 1.07 bits per heavy atom. The van der Waals surface area contributed by atoms with Gasteiger partial charge < -0.3 is 15.5 Å². The van der Waals surface area contributed by atoms with Crippen molar-refractivity contribution in [3.05, 3.63) is 52.0 Å². The molecular formula is C18H15BrF3NO6S. The first-order chi connectivity index (χ1) is 13.6. The maximum absolute atomic E-state index is 12.9. The molecule has 0 fully saturated rings. The Labute approximate surface area is 177 Å². The van der Waals surface area contributed by atoms with E-state index in [0.29, 0.717) is 6.92 Å². The van der Waals surface area contributed by atoms with Crippen LogP contribution in [-0.4, -0.2) is 42.3 Å². The first-order valence-corrected chi connectivity index (χ1v) is 10.4. The maximum atomic E-state index is 12.9. The van der Waals surface area contributed by atoms with Crippen molar-refractivity contribution in [2.24, 2.45) is 0 Å². The molecule has 0 aliphatic carbocycles. The number of benzene rings is 2. The molecule has 12 heteroatoms. The van der Waals surface area contributed by atoms with Crippen LogP contribution in [0.5, 0.6) is 0 Å². The molecule has 0 saturated heterocycles. The fourth-order valence-corrected chi connectivity index (χ4v) is 4.65. The molecule has 0 bridgehead atoms. The molecule has 2 rings (SSSR count). The Balaban J connectivity index is 2.43. The average Bonchev–Trinajstić information content (AvgIpc) is 2.64. The molecule has 1 amide bonds. The lowest BCUT2D eigenvalue weighted by Gasteiger charge is -2.25. The summed E-state index contributed by atoms with van der Waals surface area (Å²) in [7, 11) is -4.11. The van der Waals surface area contributed by atoms with Gasteiger partial charge in [0.15, 0.2) is 0 Å². The van der Waals surface area contributed by atoms with Gasteiger partial charge in [0, 0.05) is 10.2 Å². The fraction of sp³-hybridized carbons (Fsp3) is 0.222. The summed E-state index contributed by atoms with van der Waals surface area (Å²) in [4.78, 5) is 22.3. The number of nitrogens with one attached hydrogen (secondary N) is 1. The normalized spacial score (nSPS) is 14.1. The van der Waals surface area contributed by atoms with E-state index < -0.39 is 33.5 Å². The van der Waals surface area contributed by atoms with Gasteiger partial charge in [0.1, 0.15) is 0 Å². The molecule has 30 heavy (non-hydrogen) atoms.